The third-order valence-corrected chi connectivity index (χ3v) is 7.35. The van der Waals surface area contributed by atoms with Crippen LogP contribution in [-0.4, -0.2) is 20.9 Å². The number of amides is 1. The second kappa shape index (κ2) is 7.03. The number of aryl methyl sites for hydroxylation is 1. The highest BCUT2D eigenvalue weighted by atomic mass is 35.5. The number of benzene rings is 1. The Balaban J connectivity index is 1.61. The summed E-state index contributed by atoms with van der Waals surface area (Å²) in [7, 11) is -3.70. The van der Waals surface area contributed by atoms with Crippen LogP contribution in [0.25, 0.3) is 0 Å². The fraction of sp³-hybridized carbons (Fsp3) is 0.167. The topological polar surface area (TPSA) is 79.6 Å². The molecule has 0 spiro atoms. The number of hydrogen-bond acceptors (Lipinski definition) is 5. The lowest BCUT2D eigenvalue weighted by Gasteiger charge is -2.29. The van der Waals surface area contributed by atoms with Gasteiger partial charge in [0.25, 0.3) is 15.9 Å². The Morgan fingerprint density at radius 2 is 2.07 bits per heavy atom. The Morgan fingerprint density at radius 1 is 1.22 bits per heavy atom. The number of fused-ring (bicyclic) bond motifs is 1. The molecule has 1 aliphatic heterocycles. The zero-order valence-electron chi connectivity index (χ0n) is 14.0. The molecule has 1 N–H and O–H groups in total. The molecule has 1 aromatic carbocycles. The molecule has 0 aliphatic carbocycles. The van der Waals surface area contributed by atoms with E-state index in [9.17, 15) is 13.2 Å². The lowest BCUT2D eigenvalue weighted by Crippen LogP contribution is -2.35. The average Bonchev–Trinajstić information content (AvgIpc) is 3.32. The second-order valence-electron chi connectivity index (χ2n) is 6.05. The van der Waals surface area contributed by atoms with Crippen LogP contribution in [0.4, 0.5) is 11.4 Å². The number of thiophene rings is 1. The third-order valence-electron chi connectivity index (χ3n) is 4.24. The van der Waals surface area contributed by atoms with Crippen LogP contribution in [0, 0.1) is 0 Å². The van der Waals surface area contributed by atoms with Gasteiger partial charge in [0.2, 0.25) is 0 Å². The van der Waals surface area contributed by atoms with Crippen molar-refractivity contribution in [3.05, 3.63) is 64.4 Å². The van der Waals surface area contributed by atoms with Crippen LogP contribution in [0.1, 0.15) is 22.5 Å². The number of nitrogens with one attached hydrogen (secondary N) is 1. The van der Waals surface area contributed by atoms with Gasteiger partial charge in [0, 0.05) is 17.9 Å². The Hall–Kier alpha value is -2.29. The molecule has 3 heterocycles. The summed E-state index contributed by atoms with van der Waals surface area (Å²) >= 11 is 6.83. The van der Waals surface area contributed by atoms with Crippen LogP contribution >= 0.6 is 22.9 Å². The minimum absolute atomic E-state index is 0.153. The number of nitrogens with zero attached hydrogens (tertiary/aromatic N) is 1. The van der Waals surface area contributed by atoms with Gasteiger partial charge in [0.15, 0.2) is 5.76 Å². The fourth-order valence-electron chi connectivity index (χ4n) is 3.05. The predicted molar refractivity (Wildman–Crippen MR) is 105 cm³/mol. The van der Waals surface area contributed by atoms with Crippen molar-refractivity contribution in [1.29, 1.82) is 0 Å². The maximum absolute atomic E-state index is 12.6. The zero-order chi connectivity index (χ0) is 19.0. The minimum Gasteiger partial charge on any atom is -0.459 e. The van der Waals surface area contributed by atoms with E-state index in [-0.39, 0.29) is 15.9 Å². The first-order valence-corrected chi connectivity index (χ1v) is 10.9. The minimum atomic E-state index is -3.70. The summed E-state index contributed by atoms with van der Waals surface area (Å²) in [6.45, 7) is 0.589. The van der Waals surface area contributed by atoms with Crippen LogP contribution in [0.15, 0.2) is 57.4 Å². The Bertz CT molecular complexity index is 1090. The van der Waals surface area contributed by atoms with Gasteiger partial charge in [0.05, 0.1) is 10.6 Å². The van der Waals surface area contributed by atoms with Crippen molar-refractivity contribution in [1.82, 2.24) is 0 Å². The number of carbonyl (C=O) groups excluding carboxylic acids is 1. The summed E-state index contributed by atoms with van der Waals surface area (Å²) in [4.78, 5) is 14.3. The standard InChI is InChI=1S/C18H15ClN2O4S2/c19-16-7-8-17(26-16)27(23,24)20-13-5-6-14-12(11-13)3-1-9-21(14)18(22)15-4-2-10-25-15/h2,4-8,10-11,20H,1,3,9H2. The summed E-state index contributed by atoms with van der Waals surface area (Å²) in [5, 5.41) is 0. The van der Waals surface area contributed by atoms with Gasteiger partial charge in [-0.15, -0.1) is 11.3 Å². The molecule has 4 rings (SSSR count). The highest BCUT2D eigenvalue weighted by Crippen LogP contribution is 2.32. The molecule has 0 atom stereocenters. The van der Waals surface area contributed by atoms with E-state index < -0.39 is 10.0 Å². The second-order valence-corrected chi connectivity index (χ2v) is 9.67. The van der Waals surface area contributed by atoms with Gasteiger partial charge in [-0.1, -0.05) is 11.6 Å². The highest BCUT2D eigenvalue weighted by molar-refractivity contribution is 7.94. The van der Waals surface area contributed by atoms with Crippen LogP contribution in [0.5, 0.6) is 0 Å². The Morgan fingerprint density at radius 3 is 2.78 bits per heavy atom. The number of halogens is 1. The largest absolute Gasteiger partial charge is 0.459 e. The maximum Gasteiger partial charge on any atom is 0.293 e. The van der Waals surface area contributed by atoms with Gasteiger partial charge in [-0.25, -0.2) is 8.42 Å². The van der Waals surface area contributed by atoms with Gasteiger partial charge >= 0.3 is 0 Å². The van der Waals surface area contributed by atoms with Crippen molar-refractivity contribution in [2.24, 2.45) is 0 Å². The van der Waals surface area contributed by atoms with Gasteiger partial charge in [-0.05, 0) is 60.9 Å². The number of carbonyl (C=O) groups is 1. The Kier molecular flexibility index (Phi) is 4.71. The highest BCUT2D eigenvalue weighted by Gasteiger charge is 2.26. The number of sulfonamides is 1. The molecule has 1 amide bonds. The lowest BCUT2D eigenvalue weighted by molar-refractivity contribution is 0.0958. The SMILES string of the molecule is O=C(c1ccco1)N1CCCc2cc(NS(=O)(=O)c3ccc(Cl)s3)ccc21. The summed E-state index contributed by atoms with van der Waals surface area (Å²) in [6, 6.07) is 11.5. The normalized spacial score (nSPS) is 14.0. The van der Waals surface area contributed by atoms with Crippen molar-refractivity contribution in [2.75, 3.05) is 16.2 Å². The first-order valence-electron chi connectivity index (χ1n) is 8.20. The number of hydrogen-bond donors (Lipinski definition) is 1. The molecule has 0 unspecified atom stereocenters. The smallest absolute Gasteiger partial charge is 0.293 e. The lowest BCUT2D eigenvalue weighted by atomic mass is 10.0. The number of rotatable bonds is 4. The van der Waals surface area contributed by atoms with E-state index in [1.807, 2.05) is 0 Å². The zero-order valence-corrected chi connectivity index (χ0v) is 16.4. The predicted octanol–water partition coefficient (Wildman–Crippen LogP) is 4.39. The number of furan rings is 1. The van der Waals surface area contributed by atoms with Crippen LogP contribution < -0.4 is 9.62 Å². The summed E-state index contributed by atoms with van der Waals surface area (Å²) < 4.78 is 33.3. The monoisotopic (exact) mass is 422 g/mol. The van der Waals surface area contributed by atoms with E-state index in [2.05, 4.69) is 4.72 Å². The van der Waals surface area contributed by atoms with Crippen molar-refractivity contribution in [3.8, 4) is 0 Å². The van der Waals surface area contributed by atoms with E-state index in [0.717, 1.165) is 35.4 Å². The van der Waals surface area contributed by atoms with E-state index >= 15 is 0 Å². The van der Waals surface area contributed by atoms with Crippen molar-refractivity contribution in [3.63, 3.8) is 0 Å². The van der Waals surface area contributed by atoms with Gasteiger partial charge in [0.1, 0.15) is 4.21 Å². The molecule has 9 heteroatoms. The van der Waals surface area contributed by atoms with E-state index in [1.54, 1.807) is 41.3 Å². The van der Waals surface area contributed by atoms with Crippen molar-refractivity contribution < 1.29 is 17.6 Å². The first kappa shape index (κ1) is 18.1. The average molecular weight is 423 g/mol. The quantitative estimate of drug-likeness (QED) is 0.676. The molecule has 3 aromatic rings. The van der Waals surface area contributed by atoms with E-state index in [1.165, 1.54) is 12.3 Å². The molecule has 2 aromatic heterocycles. The van der Waals surface area contributed by atoms with Gasteiger partial charge in [-0.2, -0.15) is 0 Å². The molecule has 0 bridgehead atoms. The van der Waals surface area contributed by atoms with Gasteiger partial charge < -0.3 is 9.32 Å². The van der Waals surface area contributed by atoms with Crippen molar-refractivity contribution in [2.45, 2.75) is 17.1 Å². The molecule has 27 heavy (non-hydrogen) atoms. The first-order chi connectivity index (χ1) is 12.9. The summed E-state index contributed by atoms with van der Waals surface area (Å²) in [5.74, 6) is 0.0738. The Labute approximate surface area is 165 Å². The molecule has 0 radical (unpaired) electrons. The molecule has 0 saturated heterocycles. The molecule has 0 fully saturated rings. The molecule has 6 nitrogen and oxygen atoms in total. The van der Waals surface area contributed by atoms with Crippen molar-refractivity contribution >= 4 is 50.2 Å². The van der Waals surface area contributed by atoms with Crippen LogP contribution in [-0.2, 0) is 16.4 Å². The molecule has 140 valence electrons. The molecule has 0 saturated carbocycles. The molecular formula is C18H15ClN2O4S2. The van der Waals surface area contributed by atoms with Crippen LogP contribution in [0.3, 0.4) is 0 Å². The van der Waals surface area contributed by atoms with Gasteiger partial charge in [-0.3, -0.25) is 9.52 Å². The summed E-state index contributed by atoms with van der Waals surface area (Å²) in [6.07, 6.45) is 3.01. The van der Waals surface area contributed by atoms with Crippen LogP contribution in [0.2, 0.25) is 4.34 Å². The fourth-order valence-corrected chi connectivity index (χ4v) is 5.58. The molecule has 1 aliphatic rings. The van der Waals surface area contributed by atoms with E-state index in [4.69, 9.17) is 16.0 Å². The maximum atomic E-state index is 12.6. The number of anilines is 2. The third kappa shape index (κ3) is 3.60. The summed E-state index contributed by atoms with van der Waals surface area (Å²) in [5.41, 5.74) is 2.13. The molecular weight excluding hydrogens is 408 g/mol. The van der Waals surface area contributed by atoms with E-state index in [0.29, 0.717) is 16.6 Å².